The monoisotopic (exact) mass is 606 g/mol. The van der Waals surface area contributed by atoms with E-state index < -0.39 is 16.1 Å². The van der Waals surface area contributed by atoms with Crippen LogP contribution in [-0.4, -0.2) is 16.1 Å². The molecule has 0 N–H and O–H groups in total. The lowest BCUT2D eigenvalue weighted by molar-refractivity contribution is 1.32. The molecule has 1 aliphatic rings. The zero-order valence-electron chi connectivity index (χ0n) is 28.8. The summed E-state index contributed by atoms with van der Waals surface area (Å²) in [7, 11) is -3.24. The Bertz CT molecular complexity index is 1790. The van der Waals surface area contributed by atoms with E-state index in [2.05, 4.69) is 164 Å². The minimum atomic E-state index is -1.62. The SMILES string of the molecule is Cc1cc(C)c(-c2ccc3c(c2)-c2cc(-c4c(C)cc(C)cc4C)ccc2C3=C(C#C[Si](C)(C)C)C#C[Si](C)(C)C)c(C)c1. The van der Waals surface area contributed by atoms with E-state index >= 15 is 0 Å². The van der Waals surface area contributed by atoms with E-state index in [9.17, 15) is 0 Å². The van der Waals surface area contributed by atoms with Crippen LogP contribution in [0.3, 0.4) is 0 Å². The molecule has 0 saturated carbocycles. The topological polar surface area (TPSA) is 0 Å². The van der Waals surface area contributed by atoms with Crippen molar-refractivity contribution in [2.45, 2.75) is 80.8 Å². The molecule has 0 unspecified atom stereocenters. The van der Waals surface area contributed by atoms with Gasteiger partial charge in [-0.2, -0.15) is 0 Å². The Kier molecular flexibility index (Phi) is 8.32. The summed E-state index contributed by atoms with van der Waals surface area (Å²) < 4.78 is 0. The molecule has 0 amide bonds. The molecule has 44 heavy (non-hydrogen) atoms. The van der Waals surface area contributed by atoms with E-state index in [-0.39, 0.29) is 0 Å². The first kappa shape index (κ1) is 31.6. The van der Waals surface area contributed by atoms with Crippen LogP contribution in [0.4, 0.5) is 0 Å². The third-order valence-corrected chi connectivity index (χ3v) is 9.92. The third kappa shape index (κ3) is 6.49. The van der Waals surface area contributed by atoms with Crippen LogP contribution in [0.1, 0.15) is 44.5 Å². The highest BCUT2D eigenvalue weighted by Crippen LogP contribution is 2.49. The Morgan fingerprint density at radius 1 is 0.455 bits per heavy atom. The molecule has 0 saturated heterocycles. The molecule has 222 valence electrons. The lowest BCUT2D eigenvalue weighted by atomic mass is 9.90. The predicted molar refractivity (Wildman–Crippen MR) is 199 cm³/mol. The first-order valence-electron chi connectivity index (χ1n) is 15.8. The Morgan fingerprint density at radius 2 is 0.795 bits per heavy atom. The maximum Gasteiger partial charge on any atom is 0.129 e. The van der Waals surface area contributed by atoms with Crippen LogP contribution >= 0.6 is 0 Å². The van der Waals surface area contributed by atoms with E-state index in [0.29, 0.717) is 0 Å². The van der Waals surface area contributed by atoms with Gasteiger partial charge in [0.1, 0.15) is 16.1 Å². The third-order valence-electron chi connectivity index (χ3n) is 8.17. The van der Waals surface area contributed by atoms with Gasteiger partial charge in [0.2, 0.25) is 0 Å². The van der Waals surface area contributed by atoms with Gasteiger partial charge in [0.05, 0.1) is 5.57 Å². The fraction of sp³-hybridized carbons (Fsp3) is 0.286. The molecule has 4 aromatic carbocycles. The largest absolute Gasteiger partial charge is 0.129 e. The van der Waals surface area contributed by atoms with Gasteiger partial charge in [0.15, 0.2) is 0 Å². The minimum Gasteiger partial charge on any atom is -0.126 e. The molecule has 0 atom stereocenters. The normalized spacial score (nSPS) is 12.1. The average Bonchev–Trinajstić information content (AvgIpc) is 3.19. The van der Waals surface area contributed by atoms with Gasteiger partial charge >= 0.3 is 0 Å². The quantitative estimate of drug-likeness (QED) is 0.138. The van der Waals surface area contributed by atoms with Gasteiger partial charge in [-0.3, -0.25) is 0 Å². The maximum absolute atomic E-state index is 3.66. The molecule has 0 fully saturated rings. The highest BCUT2D eigenvalue weighted by Gasteiger charge is 2.28. The standard InChI is InChI=1S/C42H46Si2/c1-27-21-29(3)40(30(4)22-27)34-13-15-36-38(25-34)39-26-35(41-31(5)23-28(2)24-32(41)6)14-16-37(39)42(36)33(17-19-43(7,8)9)18-20-44(10,11)12/h13-16,21-26H,1-12H3. The van der Waals surface area contributed by atoms with Gasteiger partial charge in [-0.05, 0) is 120 Å². The smallest absolute Gasteiger partial charge is 0.126 e. The molecule has 0 nitrogen and oxygen atoms in total. The minimum absolute atomic E-state index is 0.973. The molecule has 0 heterocycles. The molecular weight excluding hydrogens is 561 g/mol. The van der Waals surface area contributed by atoms with Crippen LogP contribution in [-0.2, 0) is 0 Å². The number of allylic oxidation sites excluding steroid dienone is 1. The maximum atomic E-state index is 3.66. The molecule has 4 aromatic rings. The Labute approximate surface area is 268 Å². The summed E-state index contributed by atoms with van der Waals surface area (Å²) in [6.45, 7) is 27.1. The van der Waals surface area contributed by atoms with E-state index in [4.69, 9.17) is 0 Å². The van der Waals surface area contributed by atoms with Gasteiger partial charge in [-0.1, -0.05) is 111 Å². The van der Waals surface area contributed by atoms with Crippen LogP contribution in [0.2, 0.25) is 39.3 Å². The number of fused-ring (bicyclic) bond motifs is 3. The summed E-state index contributed by atoms with van der Waals surface area (Å²) in [6.07, 6.45) is 0. The first-order valence-corrected chi connectivity index (χ1v) is 22.8. The summed E-state index contributed by atoms with van der Waals surface area (Å²) in [5.74, 6) is 7.27. The fourth-order valence-electron chi connectivity index (χ4n) is 6.62. The second kappa shape index (κ2) is 11.6. The second-order valence-electron chi connectivity index (χ2n) is 14.8. The molecule has 0 aliphatic heterocycles. The summed E-state index contributed by atoms with van der Waals surface area (Å²) in [6, 6.07) is 23.3. The van der Waals surface area contributed by atoms with Crippen molar-refractivity contribution in [3.05, 3.63) is 111 Å². The van der Waals surface area contributed by atoms with Crippen molar-refractivity contribution < 1.29 is 0 Å². The molecular formula is C42H46Si2. The van der Waals surface area contributed by atoms with E-state index in [1.165, 1.54) is 83.5 Å². The van der Waals surface area contributed by atoms with Crippen LogP contribution in [0.25, 0.3) is 39.0 Å². The lowest BCUT2D eigenvalue weighted by Gasteiger charge is -2.14. The number of hydrogen-bond acceptors (Lipinski definition) is 0. The number of aryl methyl sites for hydroxylation is 6. The van der Waals surface area contributed by atoms with Crippen molar-refractivity contribution in [2.24, 2.45) is 0 Å². The highest BCUT2D eigenvalue weighted by atomic mass is 28.3. The predicted octanol–water partition coefficient (Wildman–Crippen LogP) is 11.4. The summed E-state index contributed by atoms with van der Waals surface area (Å²) in [5.41, 5.74) is 27.6. The number of benzene rings is 4. The summed E-state index contributed by atoms with van der Waals surface area (Å²) in [5, 5.41) is 0. The first-order chi connectivity index (χ1) is 20.5. The zero-order chi connectivity index (χ0) is 32.1. The van der Waals surface area contributed by atoms with Crippen molar-refractivity contribution >= 4 is 21.7 Å². The van der Waals surface area contributed by atoms with Gasteiger partial charge in [0.25, 0.3) is 0 Å². The lowest BCUT2D eigenvalue weighted by Crippen LogP contribution is -2.17. The van der Waals surface area contributed by atoms with Gasteiger partial charge in [-0.25, -0.2) is 0 Å². The average molecular weight is 607 g/mol. The Hall–Kier alpha value is -3.83. The molecule has 0 bridgehead atoms. The molecule has 5 rings (SSSR count). The van der Waals surface area contributed by atoms with Crippen molar-refractivity contribution in [3.63, 3.8) is 0 Å². The zero-order valence-corrected chi connectivity index (χ0v) is 30.8. The van der Waals surface area contributed by atoms with Crippen molar-refractivity contribution in [3.8, 4) is 56.3 Å². The summed E-state index contributed by atoms with van der Waals surface area (Å²) in [4.78, 5) is 0. The molecule has 0 aromatic heterocycles. The molecule has 0 spiro atoms. The van der Waals surface area contributed by atoms with Crippen molar-refractivity contribution in [1.29, 1.82) is 0 Å². The number of rotatable bonds is 2. The molecule has 0 radical (unpaired) electrons. The van der Waals surface area contributed by atoms with Gasteiger partial charge < -0.3 is 0 Å². The Morgan fingerprint density at radius 3 is 1.11 bits per heavy atom. The van der Waals surface area contributed by atoms with Crippen LogP contribution < -0.4 is 0 Å². The van der Waals surface area contributed by atoms with Crippen LogP contribution in [0.5, 0.6) is 0 Å². The van der Waals surface area contributed by atoms with Gasteiger partial charge in [-0.15, -0.1) is 11.1 Å². The van der Waals surface area contributed by atoms with Crippen molar-refractivity contribution in [2.75, 3.05) is 0 Å². The van der Waals surface area contributed by atoms with E-state index in [1.54, 1.807) is 0 Å². The van der Waals surface area contributed by atoms with Crippen LogP contribution in [0, 0.1) is 64.5 Å². The molecule has 1 aliphatic carbocycles. The second-order valence-corrected chi connectivity index (χ2v) is 24.3. The van der Waals surface area contributed by atoms with Crippen molar-refractivity contribution in [1.82, 2.24) is 0 Å². The number of hydrogen-bond donors (Lipinski definition) is 0. The van der Waals surface area contributed by atoms with E-state index in [0.717, 1.165) is 5.57 Å². The van der Waals surface area contributed by atoms with E-state index in [1.807, 2.05) is 0 Å². The Balaban J connectivity index is 1.86. The van der Waals surface area contributed by atoms with Gasteiger partial charge in [0, 0.05) is 5.57 Å². The fourth-order valence-corrected chi connectivity index (χ4v) is 7.62. The highest BCUT2D eigenvalue weighted by molar-refractivity contribution is 6.84. The summed E-state index contributed by atoms with van der Waals surface area (Å²) >= 11 is 0. The van der Waals surface area contributed by atoms with Crippen LogP contribution in [0.15, 0.2) is 66.2 Å². The molecule has 2 heteroatoms.